The van der Waals surface area contributed by atoms with Gasteiger partial charge in [0.05, 0.1) is 23.0 Å². The third-order valence-electron chi connectivity index (χ3n) is 9.54. The summed E-state index contributed by atoms with van der Waals surface area (Å²) in [7, 11) is 0. The Kier molecular flexibility index (Phi) is 7.55. The predicted molar refractivity (Wildman–Crippen MR) is 209 cm³/mol. The highest BCUT2D eigenvalue weighted by Gasteiger charge is 2.25. The van der Waals surface area contributed by atoms with E-state index < -0.39 is 0 Å². The first-order valence-electron chi connectivity index (χ1n) is 16.9. The van der Waals surface area contributed by atoms with E-state index in [2.05, 4.69) is 169 Å². The number of nitrogens with zero attached hydrogens (tertiary/aromatic N) is 2. The summed E-state index contributed by atoms with van der Waals surface area (Å²) in [5, 5.41) is 2.20. The molecule has 7 aromatic rings. The van der Waals surface area contributed by atoms with Gasteiger partial charge in [-0.2, -0.15) is 0 Å². The van der Waals surface area contributed by atoms with E-state index in [1.807, 2.05) is 12.1 Å². The molecule has 0 saturated heterocycles. The minimum atomic E-state index is 0.205. The van der Waals surface area contributed by atoms with Gasteiger partial charge in [0.15, 0.2) is 0 Å². The van der Waals surface area contributed by atoms with Crippen molar-refractivity contribution in [1.82, 2.24) is 0 Å². The van der Waals surface area contributed by atoms with Crippen molar-refractivity contribution in [2.45, 2.75) is 24.3 Å². The largest absolute Gasteiger partial charge is 0.456 e. The van der Waals surface area contributed by atoms with Crippen LogP contribution in [0, 0.1) is 6.92 Å². The molecular formula is C45H34N2O2S. The van der Waals surface area contributed by atoms with Crippen molar-refractivity contribution in [2.75, 3.05) is 9.80 Å². The second-order valence-corrected chi connectivity index (χ2v) is 13.6. The Hall–Kier alpha value is -5.91. The molecule has 1 aliphatic carbocycles. The third-order valence-corrected chi connectivity index (χ3v) is 10.3. The van der Waals surface area contributed by atoms with Crippen molar-refractivity contribution in [3.05, 3.63) is 181 Å². The number of hydrogen-bond donors (Lipinski definition) is 0. The molecule has 2 aliphatic rings. The number of rotatable bonds is 6. The van der Waals surface area contributed by atoms with Crippen LogP contribution in [0.1, 0.15) is 23.1 Å². The normalized spacial score (nSPS) is 15.0. The minimum Gasteiger partial charge on any atom is -0.456 e. The second-order valence-electron chi connectivity index (χ2n) is 12.8. The summed E-state index contributed by atoms with van der Waals surface area (Å²) in [6, 6.07) is 47.1. The molecule has 50 heavy (non-hydrogen) atoms. The Morgan fingerprint density at radius 3 is 2.26 bits per heavy atom. The highest BCUT2D eigenvalue weighted by Crippen LogP contribution is 2.47. The molecule has 0 bridgehead atoms. The second kappa shape index (κ2) is 12.5. The maximum Gasteiger partial charge on any atom is 0.145 e. The maximum atomic E-state index is 6.47. The fourth-order valence-corrected chi connectivity index (χ4v) is 7.90. The van der Waals surface area contributed by atoms with Crippen LogP contribution in [0.4, 0.5) is 28.4 Å². The van der Waals surface area contributed by atoms with Crippen molar-refractivity contribution in [2.24, 2.45) is 0 Å². The Morgan fingerprint density at radius 1 is 0.640 bits per heavy atom. The van der Waals surface area contributed by atoms with Crippen molar-refractivity contribution in [3.8, 4) is 5.75 Å². The molecule has 242 valence electrons. The molecule has 2 heterocycles. The number of para-hydroxylation sites is 2. The van der Waals surface area contributed by atoms with E-state index in [0.29, 0.717) is 0 Å². The van der Waals surface area contributed by atoms with E-state index in [9.17, 15) is 0 Å². The maximum absolute atomic E-state index is 6.47. The lowest BCUT2D eigenvalue weighted by Crippen LogP contribution is -2.29. The zero-order valence-corrected chi connectivity index (χ0v) is 28.4. The fraction of sp³-hybridized carbons (Fsp3) is 0.0667. The van der Waals surface area contributed by atoms with Crippen LogP contribution in [0.15, 0.2) is 174 Å². The summed E-state index contributed by atoms with van der Waals surface area (Å²) in [6.07, 6.45) is 9.68. The van der Waals surface area contributed by atoms with Gasteiger partial charge in [-0.05, 0) is 109 Å². The lowest BCUT2D eigenvalue weighted by atomic mass is 9.96. The van der Waals surface area contributed by atoms with Gasteiger partial charge in [-0.15, -0.1) is 0 Å². The van der Waals surface area contributed by atoms with Gasteiger partial charge in [-0.25, -0.2) is 0 Å². The molecular weight excluding hydrogens is 633 g/mol. The molecule has 1 aromatic heterocycles. The van der Waals surface area contributed by atoms with Gasteiger partial charge in [0.25, 0.3) is 0 Å². The van der Waals surface area contributed by atoms with Crippen LogP contribution in [0.3, 0.4) is 0 Å². The zero-order valence-electron chi connectivity index (χ0n) is 27.6. The van der Waals surface area contributed by atoms with Crippen molar-refractivity contribution < 1.29 is 8.60 Å². The average molecular weight is 667 g/mol. The molecule has 0 fully saturated rings. The van der Waals surface area contributed by atoms with E-state index in [0.717, 1.165) is 84.1 Å². The van der Waals surface area contributed by atoms with Gasteiger partial charge >= 0.3 is 0 Å². The standard InChI is InChI=1S/C45H34N2O2S/c1-30-12-11-17-34(26-30)47(36-21-24-43-41(28-36)39-18-9-10-19-42(39)48-43)37-20-23-38-31(2)40-27-35(22-25-44(40)49-50-45(38)29-37)46(32-13-5-3-6-14-32)33-15-7-4-8-16-33/h3-15,17-29,33H,2,16H2,1H3. The van der Waals surface area contributed by atoms with Gasteiger partial charge in [0.2, 0.25) is 0 Å². The molecule has 0 amide bonds. The Labute approximate surface area is 296 Å². The van der Waals surface area contributed by atoms with E-state index in [1.165, 1.54) is 17.6 Å². The summed E-state index contributed by atoms with van der Waals surface area (Å²) < 4.78 is 12.6. The van der Waals surface area contributed by atoms with Gasteiger partial charge in [0.1, 0.15) is 16.9 Å². The molecule has 0 saturated carbocycles. The SMILES string of the molecule is C=C1c2cc(N(c3ccccc3)C3C=CC=CC3)ccc2OSc2cc(N(c3cccc(C)c3)c3ccc4oc5ccccc5c4c3)ccc21. The number of anilines is 5. The van der Waals surface area contributed by atoms with Gasteiger partial charge in [0, 0.05) is 44.8 Å². The van der Waals surface area contributed by atoms with Gasteiger partial charge < -0.3 is 18.4 Å². The van der Waals surface area contributed by atoms with Crippen LogP contribution in [0.2, 0.25) is 0 Å². The number of furan rings is 1. The summed E-state index contributed by atoms with van der Waals surface area (Å²) >= 11 is 1.39. The van der Waals surface area contributed by atoms with E-state index >= 15 is 0 Å². The fourth-order valence-electron chi connectivity index (χ4n) is 7.13. The van der Waals surface area contributed by atoms with E-state index in [4.69, 9.17) is 8.60 Å². The summed E-state index contributed by atoms with van der Waals surface area (Å²) in [6.45, 7) is 6.77. The van der Waals surface area contributed by atoms with E-state index in [1.54, 1.807) is 0 Å². The van der Waals surface area contributed by atoms with Crippen LogP contribution < -0.4 is 14.0 Å². The van der Waals surface area contributed by atoms with Gasteiger partial charge in [-0.1, -0.05) is 85.5 Å². The Balaban J connectivity index is 1.12. The first kappa shape index (κ1) is 30.2. The Bertz CT molecular complexity index is 2480. The molecule has 4 nitrogen and oxygen atoms in total. The van der Waals surface area contributed by atoms with Crippen LogP contribution in [-0.2, 0) is 0 Å². The summed E-state index contributed by atoms with van der Waals surface area (Å²) in [4.78, 5) is 5.71. The molecule has 0 N–H and O–H groups in total. The topological polar surface area (TPSA) is 28.9 Å². The molecule has 6 aromatic carbocycles. The monoisotopic (exact) mass is 666 g/mol. The lowest BCUT2D eigenvalue weighted by Gasteiger charge is -2.33. The lowest BCUT2D eigenvalue weighted by molar-refractivity contribution is 0.645. The summed E-state index contributed by atoms with van der Waals surface area (Å²) in [5.41, 5.74) is 11.4. The quantitative estimate of drug-likeness (QED) is 0.165. The van der Waals surface area contributed by atoms with Gasteiger partial charge in [-0.3, -0.25) is 0 Å². The predicted octanol–water partition coefficient (Wildman–Crippen LogP) is 12.8. The molecule has 1 aliphatic heterocycles. The summed E-state index contributed by atoms with van der Waals surface area (Å²) in [5.74, 6) is 0.807. The van der Waals surface area contributed by atoms with Crippen LogP contribution in [0.25, 0.3) is 27.5 Å². The number of hydrogen-bond acceptors (Lipinski definition) is 5. The van der Waals surface area contributed by atoms with E-state index in [-0.39, 0.29) is 6.04 Å². The number of aryl methyl sites for hydroxylation is 1. The highest BCUT2D eigenvalue weighted by molar-refractivity contribution is 7.95. The molecule has 0 radical (unpaired) electrons. The highest BCUT2D eigenvalue weighted by atomic mass is 32.2. The van der Waals surface area contributed by atoms with Crippen molar-refractivity contribution in [1.29, 1.82) is 0 Å². The molecule has 0 spiro atoms. The molecule has 1 atom stereocenters. The molecule has 1 unspecified atom stereocenters. The third kappa shape index (κ3) is 5.37. The zero-order chi connectivity index (χ0) is 33.6. The molecule has 5 heteroatoms. The number of allylic oxidation sites excluding steroid dienone is 2. The first-order valence-corrected chi connectivity index (χ1v) is 17.6. The number of benzene rings is 6. The van der Waals surface area contributed by atoms with Crippen molar-refractivity contribution >= 4 is 68.0 Å². The van der Waals surface area contributed by atoms with Crippen LogP contribution >= 0.6 is 12.0 Å². The molecule has 9 rings (SSSR count). The van der Waals surface area contributed by atoms with Crippen LogP contribution in [-0.4, -0.2) is 6.04 Å². The van der Waals surface area contributed by atoms with Crippen molar-refractivity contribution in [3.63, 3.8) is 0 Å². The minimum absolute atomic E-state index is 0.205. The average Bonchev–Trinajstić information content (AvgIpc) is 3.47. The first-order chi connectivity index (χ1) is 24.6. The smallest absolute Gasteiger partial charge is 0.145 e. The van der Waals surface area contributed by atoms with Crippen LogP contribution in [0.5, 0.6) is 5.75 Å². The Morgan fingerprint density at radius 2 is 1.40 bits per heavy atom. The number of fused-ring (bicyclic) bond motifs is 5.